The zero-order chi connectivity index (χ0) is 22.1. The lowest BCUT2D eigenvalue weighted by atomic mass is 9.97. The Balaban J connectivity index is 1.56. The van der Waals surface area contributed by atoms with Crippen LogP contribution in [0.5, 0.6) is 0 Å². The molecule has 0 saturated carbocycles. The van der Waals surface area contributed by atoms with Crippen LogP contribution in [0.4, 0.5) is 0 Å². The third-order valence-corrected chi connectivity index (χ3v) is 6.20. The molecule has 1 aromatic carbocycles. The standard InChI is InChI=1S/C25H30N2O4/c1-15-7-9-27(10-8-15)19(21-6-5-18(4)30-21)14-26-25(29)23-13-20(28)24-17(3)11-16(2)12-22(24)31-23/h5-6,11-13,15,19H,7-10,14H2,1-4H3,(H,26,29)/t19-/m1/s1. The second-order valence-corrected chi connectivity index (χ2v) is 8.82. The highest BCUT2D eigenvalue weighted by atomic mass is 16.3. The molecule has 1 atom stereocenters. The van der Waals surface area contributed by atoms with Crippen molar-refractivity contribution in [3.8, 4) is 0 Å². The summed E-state index contributed by atoms with van der Waals surface area (Å²) in [6.07, 6.45) is 2.25. The van der Waals surface area contributed by atoms with E-state index >= 15 is 0 Å². The van der Waals surface area contributed by atoms with Crippen molar-refractivity contribution in [3.63, 3.8) is 0 Å². The zero-order valence-corrected chi connectivity index (χ0v) is 18.7. The van der Waals surface area contributed by atoms with Crippen LogP contribution in [0.15, 0.2) is 44.0 Å². The van der Waals surface area contributed by atoms with E-state index in [0.29, 0.717) is 23.4 Å². The van der Waals surface area contributed by atoms with Crippen molar-refractivity contribution < 1.29 is 13.6 Å². The number of carbonyl (C=O) groups is 1. The second-order valence-electron chi connectivity index (χ2n) is 8.82. The molecule has 1 N–H and O–H groups in total. The average molecular weight is 423 g/mol. The van der Waals surface area contributed by atoms with Gasteiger partial charge in [0.1, 0.15) is 17.1 Å². The molecule has 2 aromatic heterocycles. The Bertz CT molecular complexity index is 1150. The molecule has 1 amide bonds. The van der Waals surface area contributed by atoms with Crippen molar-refractivity contribution in [3.05, 3.63) is 69.0 Å². The van der Waals surface area contributed by atoms with Crippen LogP contribution in [-0.2, 0) is 0 Å². The van der Waals surface area contributed by atoms with Gasteiger partial charge in [-0.05, 0) is 81.9 Å². The minimum Gasteiger partial charge on any atom is -0.465 e. The van der Waals surface area contributed by atoms with Gasteiger partial charge in [0, 0.05) is 12.6 Å². The lowest BCUT2D eigenvalue weighted by Crippen LogP contribution is -2.41. The molecule has 6 heteroatoms. The van der Waals surface area contributed by atoms with E-state index in [0.717, 1.165) is 48.6 Å². The summed E-state index contributed by atoms with van der Waals surface area (Å²) in [5.74, 6) is 2.05. The van der Waals surface area contributed by atoms with Gasteiger partial charge in [-0.15, -0.1) is 0 Å². The summed E-state index contributed by atoms with van der Waals surface area (Å²) in [4.78, 5) is 27.9. The number of fused-ring (bicyclic) bond motifs is 1. The first-order valence-electron chi connectivity index (χ1n) is 11.0. The highest BCUT2D eigenvalue weighted by molar-refractivity contribution is 5.93. The highest BCUT2D eigenvalue weighted by Gasteiger charge is 2.27. The molecule has 3 heterocycles. The molecule has 0 aliphatic carbocycles. The summed E-state index contributed by atoms with van der Waals surface area (Å²) >= 11 is 0. The number of carbonyl (C=O) groups excluding carboxylic acids is 1. The Kier molecular flexibility index (Phi) is 6.01. The maximum absolute atomic E-state index is 12.9. The van der Waals surface area contributed by atoms with Crippen LogP contribution in [0.1, 0.15) is 59.0 Å². The maximum atomic E-state index is 12.9. The monoisotopic (exact) mass is 422 g/mol. The van der Waals surface area contributed by atoms with Crippen molar-refractivity contribution in [2.45, 2.75) is 46.6 Å². The first kappa shape index (κ1) is 21.4. The second kappa shape index (κ2) is 8.71. The molecule has 0 bridgehead atoms. The normalized spacial score (nSPS) is 16.5. The minimum absolute atomic E-state index is 0.0316. The third kappa shape index (κ3) is 4.59. The minimum atomic E-state index is -0.392. The molecular formula is C25H30N2O4. The summed E-state index contributed by atoms with van der Waals surface area (Å²) in [6, 6.07) is 8.89. The Morgan fingerprint density at radius 3 is 2.55 bits per heavy atom. The third-order valence-electron chi connectivity index (χ3n) is 6.20. The topological polar surface area (TPSA) is 75.7 Å². The molecule has 4 rings (SSSR count). The molecular weight excluding hydrogens is 392 g/mol. The van der Waals surface area contributed by atoms with Crippen LogP contribution < -0.4 is 10.7 Å². The van der Waals surface area contributed by atoms with Crippen LogP contribution >= 0.6 is 0 Å². The number of hydrogen-bond acceptors (Lipinski definition) is 5. The largest absolute Gasteiger partial charge is 0.465 e. The van der Waals surface area contributed by atoms with Crippen molar-refractivity contribution in [2.24, 2.45) is 5.92 Å². The van der Waals surface area contributed by atoms with E-state index < -0.39 is 5.91 Å². The summed E-state index contributed by atoms with van der Waals surface area (Å²) in [6.45, 7) is 10.3. The van der Waals surface area contributed by atoms with Gasteiger partial charge in [0.05, 0.1) is 11.4 Å². The fourth-order valence-corrected chi connectivity index (χ4v) is 4.43. The van der Waals surface area contributed by atoms with Crippen LogP contribution in [0.2, 0.25) is 0 Å². The lowest BCUT2D eigenvalue weighted by molar-refractivity contribution is 0.0870. The highest BCUT2D eigenvalue weighted by Crippen LogP contribution is 2.28. The van der Waals surface area contributed by atoms with E-state index in [1.54, 1.807) is 6.07 Å². The van der Waals surface area contributed by atoms with Gasteiger partial charge in [0.25, 0.3) is 5.91 Å². The van der Waals surface area contributed by atoms with Gasteiger partial charge >= 0.3 is 0 Å². The lowest BCUT2D eigenvalue weighted by Gasteiger charge is -2.35. The molecule has 0 radical (unpaired) electrons. The van der Waals surface area contributed by atoms with Gasteiger partial charge in [-0.1, -0.05) is 13.0 Å². The van der Waals surface area contributed by atoms with E-state index in [1.165, 1.54) is 6.07 Å². The van der Waals surface area contributed by atoms with E-state index in [9.17, 15) is 9.59 Å². The van der Waals surface area contributed by atoms with E-state index in [4.69, 9.17) is 8.83 Å². The number of aryl methyl sites for hydroxylation is 3. The number of benzene rings is 1. The van der Waals surface area contributed by atoms with E-state index in [1.807, 2.05) is 39.0 Å². The predicted molar refractivity (Wildman–Crippen MR) is 120 cm³/mol. The predicted octanol–water partition coefficient (Wildman–Crippen LogP) is 4.51. The summed E-state index contributed by atoms with van der Waals surface area (Å²) < 4.78 is 11.7. The smallest absolute Gasteiger partial charge is 0.287 e. The molecule has 1 aliphatic rings. The van der Waals surface area contributed by atoms with E-state index in [2.05, 4.69) is 17.1 Å². The quantitative estimate of drug-likeness (QED) is 0.655. The molecule has 1 fully saturated rings. The fraction of sp³-hybridized carbons (Fsp3) is 0.440. The van der Waals surface area contributed by atoms with Gasteiger partial charge < -0.3 is 14.2 Å². The first-order valence-corrected chi connectivity index (χ1v) is 11.0. The molecule has 164 valence electrons. The van der Waals surface area contributed by atoms with Gasteiger partial charge in [-0.2, -0.15) is 0 Å². The van der Waals surface area contributed by atoms with Gasteiger partial charge in [-0.3, -0.25) is 14.5 Å². The fourth-order valence-electron chi connectivity index (χ4n) is 4.43. The molecule has 31 heavy (non-hydrogen) atoms. The molecule has 0 spiro atoms. The number of hydrogen-bond donors (Lipinski definition) is 1. The van der Waals surface area contributed by atoms with Crippen LogP contribution in [0.25, 0.3) is 11.0 Å². The molecule has 3 aromatic rings. The van der Waals surface area contributed by atoms with Gasteiger partial charge in [0.2, 0.25) is 0 Å². The Morgan fingerprint density at radius 1 is 1.13 bits per heavy atom. The maximum Gasteiger partial charge on any atom is 0.287 e. The number of furan rings is 1. The van der Waals surface area contributed by atoms with Crippen LogP contribution in [-0.4, -0.2) is 30.4 Å². The molecule has 1 aliphatic heterocycles. The van der Waals surface area contributed by atoms with Crippen LogP contribution in [0.3, 0.4) is 0 Å². The molecule has 0 unspecified atom stereocenters. The summed E-state index contributed by atoms with van der Waals surface area (Å²) in [5.41, 5.74) is 2.08. The first-order chi connectivity index (χ1) is 14.8. The molecule has 6 nitrogen and oxygen atoms in total. The van der Waals surface area contributed by atoms with Crippen molar-refractivity contribution >= 4 is 16.9 Å². The summed E-state index contributed by atoms with van der Waals surface area (Å²) in [7, 11) is 0. The van der Waals surface area contributed by atoms with Gasteiger partial charge in [-0.25, -0.2) is 0 Å². The SMILES string of the molecule is Cc1cc(C)c2c(=O)cc(C(=O)NC[C@H](c3ccc(C)o3)N3CCC(C)CC3)oc2c1. The zero-order valence-electron chi connectivity index (χ0n) is 18.7. The molecule has 1 saturated heterocycles. The van der Waals surface area contributed by atoms with Crippen molar-refractivity contribution in [1.29, 1.82) is 0 Å². The number of rotatable bonds is 5. The van der Waals surface area contributed by atoms with Crippen molar-refractivity contribution in [1.82, 2.24) is 10.2 Å². The Morgan fingerprint density at radius 2 is 1.87 bits per heavy atom. The average Bonchev–Trinajstić information content (AvgIpc) is 3.14. The van der Waals surface area contributed by atoms with E-state index in [-0.39, 0.29) is 17.2 Å². The van der Waals surface area contributed by atoms with Crippen molar-refractivity contribution in [2.75, 3.05) is 19.6 Å². The van der Waals surface area contributed by atoms with Crippen LogP contribution in [0, 0.1) is 26.7 Å². The Hall–Kier alpha value is -2.86. The number of nitrogens with one attached hydrogen (secondary N) is 1. The summed E-state index contributed by atoms with van der Waals surface area (Å²) in [5, 5.41) is 3.48. The Labute approximate surface area is 182 Å². The number of nitrogens with zero attached hydrogens (tertiary/aromatic N) is 1. The number of likely N-dealkylation sites (tertiary alicyclic amines) is 1. The number of amides is 1. The van der Waals surface area contributed by atoms with Gasteiger partial charge in [0.15, 0.2) is 11.2 Å². The number of piperidine rings is 1.